The number of benzene rings is 1. The Kier molecular flexibility index (Phi) is 3.58. The average Bonchev–Trinajstić information content (AvgIpc) is 2.48. The van der Waals surface area contributed by atoms with E-state index >= 15 is 0 Å². The second kappa shape index (κ2) is 5.55. The molecule has 0 spiro atoms. The molecule has 2 unspecified atom stereocenters. The van der Waals surface area contributed by atoms with E-state index in [1.165, 1.54) is 6.26 Å². The predicted molar refractivity (Wildman–Crippen MR) is 74.9 cm³/mol. The summed E-state index contributed by atoms with van der Waals surface area (Å²) in [5.74, 6) is -1.20. The van der Waals surface area contributed by atoms with Crippen LogP contribution in [0.4, 0.5) is 0 Å². The normalized spacial score (nSPS) is 22.5. The van der Waals surface area contributed by atoms with E-state index in [1.807, 2.05) is 0 Å². The van der Waals surface area contributed by atoms with Gasteiger partial charge < -0.3 is 18.9 Å². The highest BCUT2D eigenvalue weighted by atomic mass is 16.7. The van der Waals surface area contributed by atoms with Gasteiger partial charge in [0.1, 0.15) is 6.10 Å². The van der Waals surface area contributed by atoms with Gasteiger partial charge in [-0.05, 0) is 17.2 Å². The van der Waals surface area contributed by atoms with E-state index in [1.54, 1.807) is 12.1 Å². The first kappa shape index (κ1) is 14.2. The second-order valence-electron chi connectivity index (χ2n) is 4.79. The molecule has 1 aromatic rings. The minimum Gasteiger partial charge on any atom is -0.494 e. The number of carbonyl (C=O) groups excluding carboxylic acids is 2. The molecule has 1 aromatic carbocycles. The lowest BCUT2D eigenvalue weighted by Crippen LogP contribution is -2.33. The van der Waals surface area contributed by atoms with Gasteiger partial charge in [-0.1, -0.05) is 19.2 Å². The maximum atomic E-state index is 12.4. The molecule has 0 fully saturated rings. The smallest absolute Gasteiger partial charge is 0.342 e. The Balaban J connectivity index is 1.99. The molecule has 6 heteroatoms. The zero-order valence-corrected chi connectivity index (χ0v) is 11.7. The Bertz CT molecular complexity index is 663. The minimum atomic E-state index is -1.00. The van der Waals surface area contributed by atoms with Crippen molar-refractivity contribution >= 4 is 11.9 Å². The zero-order valence-electron chi connectivity index (χ0n) is 11.7. The molecule has 0 amide bonds. The number of fused-ring (bicyclic) bond motifs is 3. The summed E-state index contributed by atoms with van der Waals surface area (Å²) in [5.41, 5.74) is 1.97. The predicted octanol–water partition coefficient (Wildman–Crippen LogP) is 2.26. The van der Waals surface area contributed by atoms with Crippen molar-refractivity contribution in [2.45, 2.75) is 18.8 Å². The highest BCUT2D eigenvalue weighted by Gasteiger charge is 2.37. The molecule has 1 heterocycles. The second-order valence-corrected chi connectivity index (χ2v) is 4.79. The van der Waals surface area contributed by atoms with Gasteiger partial charge in [-0.25, -0.2) is 9.59 Å². The summed E-state index contributed by atoms with van der Waals surface area (Å²) in [6.45, 7) is 6.72. The lowest BCUT2D eigenvalue weighted by Gasteiger charge is -2.32. The van der Waals surface area contributed by atoms with E-state index in [4.69, 9.17) is 18.9 Å². The van der Waals surface area contributed by atoms with Crippen LogP contribution in [0.3, 0.4) is 0 Å². The Morgan fingerprint density at radius 3 is 2.64 bits per heavy atom. The van der Waals surface area contributed by atoms with Crippen LogP contribution in [0, 0.1) is 0 Å². The van der Waals surface area contributed by atoms with Gasteiger partial charge in [0, 0.05) is 6.42 Å². The third-order valence-corrected chi connectivity index (χ3v) is 3.61. The molecule has 0 radical (unpaired) electrons. The molecule has 0 bridgehead atoms. The molecule has 0 N–H and O–H groups in total. The number of carbonyl (C=O) groups is 2. The number of hydrogen-bond acceptors (Lipinski definition) is 6. The van der Waals surface area contributed by atoms with E-state index in [0.29, 0.717) is 6.42 Å². The van der Waals surface area contributed by atoms with E-state index in [2.05, 4.69) is 13.2 Å². The van der Waals surface area contributed by atoms with Crippen LogP contribution in [0.1, 0.15) is 37.9 Å². The number of rotatable bonds is 4. The molecular formula is C16H14O6. The fourth-order valence-corrected chi connectivity index (χ4v) is 2.60. The zero-order chi connectivity index (χ0) is 15.7. The SMILES string of the molecule is C=COC1COC(=O)c2ccc3c(c2C(=O)O1)CC3OC=C. The topological polar surface area (TPSA) is 71.1 Å². The van der Waals surface area contributed by atoms with Crippen molar-refractivity contribution in [1.29, 1.82) is 0 Å². The van der Waals surface area contributed by atoms with Crippen LogP contribution in [0.15, 0.2) is 37.8 Å². The van der Waals surface area contributed by atoms with Gasteiger partial charge in [0.15, 0.2) is 6.61 Å². The highest BCUT2D eigenvalue weighted by molar-refractivity contribution is 6.05. The van der Waals surface area contributed by atoms with Gasteiger partial charge in [0.05, 0.1) is 23.7 Å². The first-order valence-electron chi connectivity index (χ1n) is 6.72. The molecule has 0 aromatic heterocycles. The summed E-state index contributed by atoms with van der Waals surface area (Å²) in [4.78, 5) is 24.4. The Hall–Kier alpha value is -2.76. The summed E-state index contributed by atoms with van der Waals surface area (Å²) in [6, 6.07) is 3.30. The summed E-state index contributed by atoms with van der Waals surface area (Å²) in [6.07, 6.45) is 1.82. The van der Waals surface area contributed by atoms with Crippen molar-refractivity contribution < 1.29 is 28.5 Å². The molecule has 0 saturated heterocycles. The molecule has 22 heavy (non-hydrogen) atoms. The number of hydrogen-bond donors (Lipinski definition) is 0. The van der Waals surface area contributed by atoms with E-state index in [-0.39, 0.29) is 23.8 Å². The Morgan fingerprint density at radius 1 is 1.14 bits per heavy atom. The maximum Gasteiger partial charge on any atom is 0.342 e. The largest absolute Gasteiger partial charge is 0.494 e. The van der Waals surface area contributed by atoms with Gasteiger partial charge in [0.25, 0.3) is 6.29 Å². The van der Waals surface area contributed by atoms with E-state index in [9.17, 15) is 9.59 Å². The summed E-state index contributed by atoms with van der Waals surface area (Å²) in [7, 11) is 0. The third-order valence-electron chi connectivity index (χ3n) is 3.61. The van der Waals surface area contributed by atoms with Crippen LogP contribution in [-0.4, -0.2) is 24.8 Å². The van der Waals surface area contributed by atoms with Crippen molar-refractivity contribution in [3.8, 4) is 0 Å². The fraction of sp³-hybridized carbons (Fsp3) is 0.250. The number of ether oxygens (including phenoxy) is 4. The van der Waals surface area contributed by atoms with Crippen molar-refractivity contribution in [3.05, 3.63) is 60.1 Å². The molecule has 2 aliphatic rings. The van der Waals surface area contributed by atoms with Crippen molar-refractivity contribution in [2.24, 2.45) is 0 Å². The number of esters is 2. The lowest BCUT2D eigenvalue weighted by atomic mass is 9.80. The quantitative estimate of drug-likeness (QED) is 0.627. The van der Waals surface area contributed by atoms with Gasteiger partial charge >= 0.3 is 11.9 Å². The van der Waals surface area contributed by atoms with Gasteiger partial charge in [0.2, 0.25) is 0 Å². The summed E-state index contributed by atoms with van der Waals surface area (Å²) >= 11 is 0. The first-order valence-corrected chi connectivity index (χ1v) is 6.72. The summed E-state index contributed by atoms with van der Waals surface area (Å²) in [5, 5.41) is 0. The molecule has 114 valence electrons. The van der Waals surface area contributed by atoms with Crippen molar-refractivity contribution in [2.75, 3.05) is 6.61 Å². The summed E-state index contributed by atoms with van der Waals surface area (Å²) < 4.78 is 20.6. The van der Waals surface area contributed by atoms with E-state index < -0.39 is 18.2 Å². The van der Waals surface area contributed by atoms with Crippen LogP contribution in [0.2, 0.25) is 0 Å². The fourth-order valence-electron chi connectivity index (χ4n) is 2.60. The Morgan fingerprint density at radius 2 is 1.91 bits per heavy atom. The molecule has 1 aliphatic heterocycles. The maximum absolute atomic E-state index is 12.4. The van der Waals surface area contributed by atoms with Crippen LogP contribution in [-0.2, 0) is 25.4 Å². The molecule has 3 rings (SSSR count). The Labute approximate surface area is 126 Å². The minimum absolute atomic E-state index is 0.160. The highest BCUT2D eigenvalue weighted by Crippen LogP contribution is 2.40. The van der Waals surface area contributed by atoms with Crippen LogP contribution in [0.5, 0.6) is 0 Å². The number of cyclic esters (lactones) is 2. The first-order chi connectivity index (χ1) is 10.7. The average molecular weight is 302 g/mol. The van der Waals surface area contributed by atoms with Crippen molar-refractivity contribution in [3.63, 3.8) is 0 Å². The van der Waals surface area contributed by atoms with Gasteiger partial charge in [-0.15, -0.1) is 0 Å². The molecule has 1 aliphatic carbocycles. The van der Waals surface area contributed by atoms with Crippen LogP contribution < -0.4 is 0 Å². The third kappa shape index (κ3) is 2.22. The van der Waals surface area contributed by atoms with Crippen LogP contribution >= 0.6 is 0 Å². The van der Waals surface area contributed by atoms with Gasteiger partial charge in [-0.3, -0.25) is 0 Å². The van der Waals surface area contributed by atoms with Crippen LogP contribution in [0.25, 0.3) is 0 Å². The van der Waals surface area contributed by atoms with Gasteiger partial charge in [-0.2, -0.15) is 0 Å². The lowest BCUT2D eigenvalue weighted by molar-refractivity contribution is -0.103. The molecular weight excluding hydrogens is 288 g/mol. The van der Waals surface area contributed by atoms with Crippen molar-refractivity contribution in [1.82, 2.24) is 0 Å². The molecule has 6 nitrogen and oxygen atoms in total. The standard InChI is InChI=1S/C16H14O6/c1-3-19-12-7-11-9(12)5-6-10-14(11)16(18)22-13(20-4-2)8-21-15(10)17/h3-6,12-13H,1-2,7-8H2. The molecule has 2 atom stereocenters. The monoisotopic (exact) mass is 302 g/mol. The van der Waals surface area contributed by atoms with E-state index in [0.717, 1.165) is 17.4 Å². The molecule has 0 saturated carbocycles.